The quantitative estimate of drug-likeness (QED) is 0.796. The molecule has 1 fully saturated rings. The van der Waals surface area contributed by atoms with Gasteiger partial charge in [0, 0.05) is 13.1 Å². The van der Waals surface area contributed by atoms with Crippen molar-refractivity contribution in [3.63, 3.8) is 0 Å². The van der Waals surface area contributed by atoms with Crippen molar-refractivity contribution in [1.29, 1.82) is 0 Å². The Balaban J connectivity index is 1.71. The fourth-order valence-corrected chi connectivity index (χ4v) is 3.30. The zero-order valence-electron chi connectivity index (χ0n) is 12.5. The second kappa shape index (κ2) is 6.33. The highest BCUT2D eigenvalue weighted by molar-refractivity contribution is 5.87. The highest BCUT2D eigenvalue weighted by atomic mass is 16.5. The zero-order chi connectivity index (χ0) is 14.7. The predicted molar refractivity (Wildman–Crippen MR) is 83.3 cm³/mol. The molecule has 2 aliphatic rings. The van der Waals surface area contributed by atoms with Crippen molar-refractivity contribution < 1.29 is 9.53 Å². The smallest absolute Gasteiger partial charge is 0.246 e. The van der Waals surface area contributed by atoms with Gasteiger partial charge in [-0.1, -0.05) is 19.1 Å². The van der Waals surface area contributed by atoms with Gasteiger partial charge < -0.3 is 9.64 Å². The summed E-state index contributed by atoms with van der Waals surface area (Å²) in [5.74, 6) is 0.966. The second-order valence-electron chi connectivity index (χ2n) is 6.02. The van der Waals surface area contributed by atoms with Gasteiger partial charge in [-0.2, -0.15) is 0 Å². The summed E-state index contributed by atoms with van der Waals surface area (Å²) >= 11 is 0. The number of hydrogen-bond donors (Lipinski definition) is 0. The molecular formula is C18H23NO2. The van der Waals surface area contributed by atoms with Crippen molar-refractivity contribution in [2.24, 2.45) is 0 Å². The molecule has 1 aliphatic heterocycles. The maximum absolute atomic E-state index is 11.8. The van der Waals surface area contributed by atoms with E-state index in [0.717, 1.165) is 31.6 Å². The summed E-state index contributed by atoms with van der Waals surface area (Å²) in [6.07, 6.45) is 8.89. The lowest BCUT2D eigenvalue weighted by atomic mass is 9.97. The summed E-state index contributed by atoms with van der Waals surface area (Å²) < 4.78 is 6.12. The summed E-state index contributed by atoms with van der Waals surface area (Å²) in [6.45, 7) is 5.02. The lowest BCUT2D eigenvalue weighted by molar-refractivity contribution is -0.126. The van der Waals surface area contributed by atoms with Crippen molar-refractivity contribution in [2.75, 3.05) is 6.54 Å². The minimum Gasteiger partial charge on any atom is -0.490 e. The Bertz CT molecular complexity index is 532. The Morgan fingerprint density at radius 3 is 2.81 bits per heavy atom. The number of carbonyl (C=O) groups excluding carboxylic acids is 1. The molecule has 1 saturated carbocycles. The van der Waals surface area contributed by atoms with E-state index in [1.54, 1.807) is 0 Å². The molecule has 1 amide bonds. The van der Waals surface area contributed by atoms with E-state index >= 15 is 0 Å². The number of nitrogens with zero attached hydrogens (tertiary/aromatic N) is 1. The standard InChI is InChI=1S/C18H23NO2/c1-2-18(20)19-11-10-14-8-9-17(12-15(14)13-19)21-16-6-4-3-5-7-16/h2,8-9,12,16H,1,3-7,10-11,13H2. The minimum atomic E-state index is 0.0132. The van der Waals surface area contributed by atoms with Crippen LogP contribution in [0, 0.1) is 0 Å². The molecule has 1 aliphatic carbocycles. The maximum Gasteiger partial charge on any atom is 0.246 e. The van der Waals surface area contributed by atoms with Crippen LogP contribution < -0.4 is 4.74 Å². The molecule has 21 heavy (non-hydrogen) atoms. The van der Waals surface area contributed by atoms with Crippen LogP contribution in [0.2, 0.25) is 0 Å². The molecule has 0 saturated heterocycles. The van der Waals surface area contributed by atoms with Gasteiger partial charge in [0.2, 0.25) is 5.91 Å². The van der Waals surface area contributed by atoms with Gasteiger partial charge >= 0.3 is 0 Å². The SMILES string of the molecule is C=CC(=O)N1CCc2ccc(OC3CCCCC3)cc2C1. The normalized spacial score (nSPS) is 19.0. The van der Waals surface area contributed by atoms with Crippen LogP contribution in [0.15, 0.2) is 30.9 Å². The largest absolute Gasteiger partial charge is 0.490 e. The van der Waals surface area contributed by atoms with Gasteiger partial charge in [0.1, 0.15) is 5.75 Å². The highest BCUT2D eigenvalue weighted by Gasteiger charge is 2.20. The van der Waals surface area contributed by atoms with Gasteiger partial charge in [-0.25, -0.2) is 0 Å². The van der Waals surface area contributed by atoms with Crippen molar-refractivity contribution in [2.45, 2.75) is 51.2 Å². The van der Waals surface area contributed by atoms with Crippen molar-refractivity contribution in [3.05, 3.63) is 42.0 Å². The van der Waals surface area contributed by atoms with Crippen LogP contribution in [0.25, 0.3) is 0 Å². The lowest BCUT2D eigenvalue weighted by Crippen LogP contribution is -2.34. The van der Waals surface area contributed by atoms with Crippen LogP contribution in [0.1, 0.15) is 43.2 Å². The molecule has 1 heterocycles. The van der Waals surface area contributed by atoms with Crippen LogP contribution in [0.4, 0.5) is 0 Å². The number of amides is 1. The molecule has 0 radical (unpaired) electrons. The van der Waals surface area contributed by atoms with Gasteiger partial charge in [-0.15, -0.1) is 0 Å². The molecule has 112 valence electrons. The molecular weight excluding hydrogens is 262 g/mol. The molecule has 3 heteroatoms. The molecule has 3 nitrogen and oxygen atoms in total. The number of hydrogen-bond acceptors (Lipinski definition) is 2. The molecule has 3 rings (SSSR count). The number of rotatable bonds is 3. The molecule has 0 spiro atoms. The van der Waals surface area contributed by atoms with E-state index in [4.69, 9.17) is 4.74 Å². The fourth-order valence-electron chi connectivity index (χ4n) is 3.30. The third kappa shape index (κ3) is 3.29. The van der Waals surface area contributed by atoms with E-state index in [0.29, 0.717) is 12.6 Å². The van der Waals surface area contributed by atoms with Crippen LogP contribution in [-0.2, 0) is 17.8 Å². The molecule has 0 aromatic heterocycles. The van der Waals surface area contributed by atoms with Gasteiger partial charge in [-0.3, -0.25) is 4.79 Å². The van der Waals surface area contributed by atoms with E-state index in [1.165, 1.54) is 36.5 Å². The molecule has 0 unspecified atom stereocenters. The van der Waals surface area contributed by atoms with Crippen LogP contribution in [0.5, 0.6) is 5.75 Å². The Kier molecular flexibility index (Phi) is 4.28. The summed E-state index contributed by atoms with van der Waals surface area (Å²) in [5.41, 5.74) is 2.55. The highest BCUT2D eigenvalue weighted by Crippen LogP contribution is 2.27. The predicted octanol–water partition coefficient (Wildman–Crippen LogP) is 3.47. The topological polar surface area (TPSA) is 29.5 Å². The lowest BCUT2D eigenvalue weighted by Gasteiger charge is -2.29. The average Bonchev–Trinajstić information content (AvgIpc) is 2.54. The summed E-state index contributed by atoms with van der Waals surface area (Å²) in [6, 6.07) is 6.36. The van der Waals surface area contributed by atoms with Crippen LogP contribution in [0.3, 0.4) is 0 Å². The van der Waals surface area contributed by atoms with E-state index in [9.17, 15) is 4.79 Å². The Hall–Kier alpha value is -1.77. The average molecular weight is 285 g/mol. The van der Waals surface area contributed by atoms with Gasteiger partial charge in [0.15, 0.2) is 0 Å². The minimum absolute atomic E-state index is 0.0132. The van der Waals surface area contributed by atoms with E-state index < -0.39 is 0 Å². The Morgan fingerprint density at radius 2 is 2.05 bits per heavy atom. The molecule has 0 N–H and O–H groups in total. The first-order valence-corrected chi connectivity index (χ1v) is 7.96. The monoisotopic (exact) mass is 285 g/mol. The van der Waals surface area contributed by atoms with Crippen LogP contribution in [-0.4, -0.2) is 23.5 Å². The third-order valence-corrected chi connectivity index (χ3v) is 4.53. The number of carbonyl (C=O) groups is 1. The first-order chi connectivity index (χ1) is 10.3. The van der Waals surface area contributed by atoms with Gasteiger partial charge in [0.05, 0.1) is 6.10 Å². The van der Waals surface area contributed by atoms with Crippen molar-refractivity contribution in [1.82, 2.24) is 4.90 Å². The molecule has 1 aromatic carbocycles. The van der Waals surface area contributed by atoms with E-state index in [2.05, 4.69) is 24.8 Å². The Morgan fingerprint density at radius 1 is 1.24 bits per heavy atom. The molecule has 0 atom stereocenters. The zero-order valence-corrected chi connectivity index (χ0v) is 12.5. The molecule has 0 bridgehead atoms. The van der Waals surface area contributed by atoms with E-state index in [-0.39, 0.29) is 5.91 Å². The van der Waals surface area contributed by atoms with Gasteiger partial charge in [-0.05, 0) is 61.4 Å². The summed E-state index contributed by atoms with van der Waals surface area (Å²) in [5, 5.41) is 0. The number of ether oxygens (including phenoxy) is 1. The summed E-state index contributed by atoms with van der Waals surface area (Å²) in [7, 11) is 0. The maximum atomic E-state index is 11.8. The van der Waals surface area contributed by atoms with Crippen molar-refractivity contribution >= 4 is 5.91 Å². The first-order valence-electron chi connectivity index (χ1n) is 7.96. The third-order valence-electron chi connectivity index (χ3n) is 4.53. The summed E-state index contributed by atoms with van der Waals surface area (Å²) in [4.78, 5) is 13.6. The van der Waals surface area contributed by atoms with Gasteiger partial charge in [0.25, 0.3) is 0 Å². The Labute approximate surface area is 126 Å². The number of fused-ring (bicyclic) bond motifs is 1. The van der Waals surface area contributed by atoms with E-state index in [1.807, 2.05) is 4.90 Å². The fraction of sp³-hybridized carbons (Fsp3) is 0.500. The first kappa shape index (κ1) is 14.2. The van der Waals surface area contributed by atoms with Crippen LogP contribution >= 0.6 is 0 Å². The van der Waals surface area contributed by atoms with Crippen molar-refractivity contribution in [3.8, 4) is 5.75 Å². The second-order valence-corrected chi connectivity index (χ2v) is 6.02. The molecule has 1 aromatic rings. The number of benzene rings is 1.